The Bertz CT molecular complexity index is 678. The highest BCUT2D eigenvalue weighted by Crippen LogP contribution is 2.43. The quantitative estimate of drug-likeness (QED) is 0.945. The van der Waals surface area contributed by atoms with Crippen LogP contribution >= 0.6 is 11.6 Å². The number of aromatic nitrogens is 2. The van der Waals surface area contributed by atoms with Gasteiger partial charge in [-0.1, -0.05) is 23.7 Å². The zero-order chi connectivity index (χ0) is 14.9. The van der Waals surface area contributed by atoms with Crippen molar-refractivity contribution in [2.75, 3.05) is 31.1 Å². The number of piperazine rings is 1. The summed E-state index contributed by atoms with van der Waals surface area (Å²) in [6.07, 6.45) is 4.48. The zero-order valence-electron chi connectivity index (χ0n) is 12.4. The van der Waals surface area contributed by atoms with Crippen LogP contribution in [0.25, 0.3) is 11.4 Å². The van der Waals surface area contributed by atoms with Crippen molar-refractivity contribution in [3.8, 4) is 11.4 Å². The van der Waals surface area contributed by atoms with Gasteiger partial charge in [0.1, 0.15) is 0 Å². The van der Waals surface area contributed by atoms with Crippen LogP contribution in [0.15, 0.2) is 30.5 Å². The molecule has 1 aromatic carbocycles. The van der Waals surface area contributed by atoms with Crippen LogP contribution in [0.4, 0.5) is 5.69 Å². The van der Waals surface area contributed by atoms with Gasteiger partial charge < -0.3 is 10.2 Å². The third-order valence-corrected chi connectivity index (χ3v) is 4.54. The van der Waals surface area contributed by atoms with Crippen molar-refractivity contribution in [3.63, 3.8) is 0 Å². The molecule has 0 radical (unpaired) electrons. The van der Waals surface area contributed by atoms with E-state index in [9.17, 15) is 0 Å². The second kappa shape index (κ2) is 5.86. The minimum atomic E-state index is 0.603. The number of benzene rings is 1. The first kappa shape index (κ1) is 14.0. The van der Waals surface area contributed by atoms with Gasteiger partial charge in [-0.25, -0.2) is 9.97 Å². The van der Waals surface area contributed by atoms with E-state index in [4.69, 9.17) is 16.6 Å². The molecule has 1 aromatic heterocycles. The van der Waals surface area contributed by atoms with Crippen molar-refractivity contribution in [1.29, 1.82) is 0 Å². The third kappa shape index (κ3) is 2.81. The van der Waals surface area contributed by atoms with E-state index in [0.717, 1.165) is 42.6 Å². The number of hydrogen-bond donors (Lipinski definition) is 1. The smallest absolute Gasteiger partial charge is 0.159 e. The first-order chi connectivity index (χ1) is 10.8. The molecular weight excluding hydrogens is 296 g/mol. The van der Waals surface area contributed by atoms with Crippen LogP contribution in [0.3, 0.4) is 0 Å². The molecule has 5 heteroatoms. The minimum absolute atomic E-state index is 0.603. The number of rotatable bonds is 3. The molecule has 0 amide bonds. The normalized spacial score (nSPS) is 18.5. The van der Waals surface area contributed by atoms with Crippen molar-refractivity contribution in [2.24, 2.45) is 0 Å². The average Bonchev–Trinajstić information content (AvgIpc) is 3.40. The fourth-order valence-electron chi connectivity index (χ4n) is 2.96. The van der Waals surface area contributed by atoms with Crippen LogP contribution in [0, 0.1) is 0 Å². The Kier molecular flexibility index (Phi) is 3.72. The molecule has 1 saturated carbocycles. The Labute approximate surface area is 135 Å². The highest BCUT2D eigenvalue weighted by Gasteiger charge is 2.30. The van der Waals surface area contributed by atoms with Gasteiger partial charge in [0.25, 0.3) is 0 Å². The molecule has 4 rings (SSSR count). The molecule has 114 valence electrons. The Morgan fingerprint density at radius 1 is 1.18 bits per heavy atom. The average molecular weight is 315 g/mol. The fourth-order valence-corrected chi connectivity index (χ4v) is 3.15. The maximum absolute atomic E-state index is 6.09. The number of nitrogens with zero attached hydrogens (tertiary/aromatic N) is 3. The van der Waals surface area contributed by atoms with Gasteiger partial charge in [0.05, 0.1) is 17.6 Å². The Balaban J connectivity index is 1.72. The molecule has 0 spiro atoms. The Morgan fingerprint density at radius 3 is 2.73 bits per heavy atom. The predicted molar refractivity (Wildman–Crippen MR) is 89.5 cm³/mol. The van der Waals surface area contributed by atoms with E-state index < -0.39 is 0 Å². The van der Waals surface area contributed by atoms with Crippen LogP contribution in [0.2, 0.25) is 5.02 Å². The predicted octanol–water partition coefficient (Wildman–Crippen LogP) is 3.08. The van der Waals surface area contributed by atoms with Crippen molar-refractivity contribution in [3.05, 3.63) is 41.2 Å². The van der Waals surface area contributed by atoms with E-state index >= 15 is 0 Å². The van der Waals surface area contributed by atoms with Crippen molar-refractivity contribution in [2.45, 2.75) is 18.8 Å². The molecule has 2 aliphatic rings. The summed E-state index contributed by atoms with van der Waals surface area (Å²) in [7, 11) is 0. The molecular formula is C17H19ClN4. The number of nitrogens with one attached hydrogen (secondary N) is 1. The lowest BCUT2D eigenvalue weighted by molar-refractivity contribution is 0.586. The summed E-state index contributed by atoms with van der Waals surface area (Å²) in [5.41, 5.74) is 3.42. The number of hydrogen-bond acceptors (Lipinski definition) is 4. The Hall–Kier alpha value is -1.65. The first-order valence-corrected chi connectivity index (χ1v) is 8.27. The fraction of sp³-hybridized carbons (Fsp3) is 0.412. The van der Waals surface area contributed by atoms with Gasteiger partial charge in [0, 0.05) is 42.7 Å². The molecule has 2 fully saturated rings. The summed E-state index contributed by atoms with van der Waals surface area (Å²) in [6.45, 7) is 4.11. The SMILES string of the molecule is Clc1cccc(-c2ncc(N3CCNCC3)c(C3CC3)n2)c1. The van der Waals surface area contributed by atoms with E-state index in [0.29, 0.717) is 5.92 Å². The Morgan fingerprint density at radius 2 is 2.00 bits per heavy atom. The van der Waals surface area contributed by atoms with E-state index in [1.807, 2.05) is 30.5 Å². The first-order valence-electron chi connectivity index (χ1n) is 7.90. The van der Waals surface area contributed by atoms with E-state index in [1.165, 1.54) is 24.2 Å². The van der Waals surface area contributed by atoms with Crippen LogP contribution in [-0.4, -0.2) is 36.1 Å². The van der Waals surface area contributed by atoms with Gasteiger partial charge in [-0.15, -0.1) is 0 Å². The van der Waals surface area contributed by atoms with Crippen molar-refractivity contribution >= 4 is 17.3 Å². The summed E-state index contributed by atoms with van der Waals surface area (Å²) in [6, 6.07) is 7.77. The molecule has 22 heavy (non-hydrogen) atoms. The summed E-state index contributed by atoms with van der Waals surface area (Å²) >= 11 is 6.09. The van der Waals surface area contributed by atoms with Gasteiger partial charge in [-0.3, -0.25) is 0 Å². The summed E-state index contributed by atoms with van der Waals surface area (Å²) in [5.74, 6) is 1.38. The van der Waals surface area contributed by atoms with Gasteiger partial charge in [-0.05, 0) is 25.0 Å². The molecule has 0 bridgehead atoms. The molecule has 1 saturated heterocycles. The van der Waals surface area contributed by atoms with Crippen LogP contribution in [-0.2, 0) is 0 Å². The minimum Gasteiger partial charge on any atom is -0.366 e. The van der Waals surface area contributed by atoms with Gasteiger partial charge >= 0.3 is 0 Å². The standard InChI is InChI=1S/C17H19ClN4/c18-14-3-1-2-13(10-14)17-20-11-15(16(21-17)12-4-5-12)22-8-6-19-7-9-22/h1-3,10-12,19H,4-9H2. The van der Waals surface area contributed by atoms with Gasteiger partial charge in [-0.2, -0.15) is 0 Å². The molecule has 1 N–H and O–H groups in total. The van der Waals surface area contributed by atoms with Gasteiger partial charge in [0.15, 0.2) is 5.82 Å². The zero-order valence-corrected chi connectivity index (χ0v) is 13.2. The second-order valence-corrected chi connectivity index (χ2v) is 6.42. The van der Waals surface area contributed by atoms with Crippen molar-refractivity contribution in [1.82, 2.24) is 15.3 Å². The molecule has 1 aliphatic heterocycles. The summed E-state index contributed by atoms with van der Waals surface area (Å²) in [4.78, 5) is 11.9. The van der Waals surface area contributed by atoms with E-state index in [1.54, 1.807) is 0 Å². The van der Waals surface area contributed by atoms with Crippen molar-refractivity contribution < 1.29 is 0 Å². The maximum atomic E-state index is 6.09. The van der Waals surface area contributed by atoms with Crippen LogP contribution < -0.4 is 10.2 Å². The van der Waals surface area contributed by atoms with E-state index in [2.05, 4.69) is 15.2 Å². The molecule has 2 aromatic rings. The van der Waals surface area contributed by atoms with Crippen LogP contribution in [0.5, 0.6) is 0 Å². The van der Waals surface area contributed by atoms with Crippen LogP contribution in [0.1, 0.15) is 24.5 Å². The molecule has 0 atom stereocenters. The molecule has 2 heterocycles. The van der Waals surface area contributed by atoms with Gasteiger partial charge in [0.2, 0.25) is 0 Å². The molecule has 1 aliphatic carbocycles. The monoisotopic (exact) mass is 314 g/mol. The second-order valence-electron chi connectivity index (χ2n) is 5.99. The molecule has 4 nitrogen and oxygen atoms in total. The summed E-state index contributed by atoms with van der Waals surface area (Å²) < 4.78 is 0. The van der Waals surface area contributed by atoms with E-state index in [-0.39, 0.29) is 0 Å². The molecule has 0 unspecified atom stereocenters. The largest absolute Gasteiger partial charge is 0.366 e. The third-order valence-electron chi connectivity index (χ3n) is 4.30. The topological polar surface area (TPSA) is 41.1 Å². The summed E-state index contributed by atoms with van der Waals surface area (Å²) in [5, 5.41) is 4.12. The lowest BCUT2D eigenvalue weighted by Crippen LogP contribution is -2.44. The lowest BCUT2D eigenvalue weighted by atomic mass is 10.1. The number of halogens is 1. The number of anilines is 1. The highest BCUT2D eigenvalue weighted by atomic mass is 35.5. The lowest BCUT2D eigenvalue weighted by Gasteiger charge is -2.30. The highest BCUT2D eigenvalue weighted by molar-refractivity contribution is 6.30. The maximum Gasteiger partial charge on any atom is 0.159 e.